The Balaban J connectivity index is 0.000000527. The maximum Gasteiger partial charge on any atom is 4.00 e. The van der Waals surface area contributed by atoms with Crippen molar-refractivity contribution in [1.29, 1.82) is 0 Å². The zero-order chi connectivity index (χ0) is 25.4. The Labute approximate surface area is 232 Å². The van der Waals surface area contributed by atoms with E-state index in [4.69, 9.17) is 0 Å². The van der Waals surface area contributed by atoms with E-state index in [9.17, 15) is 0 Å². The van der Waals surface area contributed by atoms with E-state index >= 15 is 0 Å². The second-order valence-corrected chi connectivity index (χ2v) is 10.8. The first-order valence-corrected chi connectivity index (χ1v) is 12.7. The van der Waals surface area contributed by atoms with Gasteiger partial charge in [0.2, 0.25) is 0 Å². The minimum Gasteiger partial charge on any atom is -0.533 e. The summed E-state index contributed by atoms with van der Waals surface area (Å²) in [6.45, 7) is 21.9. The van der Waals surface area contributed by atoms with E-state index in [1.54, 1.807) is 0 Å². The molecule has 0 nitrogen and oxygen atoms in total. The first-order chi connectivity index (χ1) is 15.4. The standard InChI is InChI=1S/2C14H17.C3H7.CH3Si.Zr/c2*1-10-8-11-6-5-7-13(12(11)9-10)14(2,3)4;1-3-2;1-2;/h2*5-9H,1-4H3;3H,1-2H3;1H,2H2;/q4*-1;+4. The molecular formula is C32H44SiZr. The molecule has 2 heteroatoms. The van der Waals surface area contributed by atoms with Crippen molar-refractivity contribution in [3.63, 3.8) is 0 Å². The van der Waals surface area contributed by atoms with Crippen LogP contribution in [0, 0.1) is 20.3 Å². The fourth-order valence-electron chi connectivity index (χ4n) is 4.08. The first-order valence-electron chi connectivity index (χ1n) is 11.9. The number of hydrogen-bond donors (Lipinski definition) is 0. The molecule has 0 unspecified atom stereocenters. The van der Waals surface area contributed by atoms with Gasteiger partial charge in [-0.1, -0.05) is 78.6 Å². The number of hydrogen-bond acceptors (Lipinski definition) is 0. The van der Waals surface area contributed by atoms with Crippen molar-refractivity contribution in [2.24, 2.45) is 0 Å². The first kappa shape index (κ1) is 32.6. The zero-order valence-corrected chi connectivity index (χ0v) is 27.0. The van der Waals surface area contributed by atoms with Crippen LogP contribution in [0.1, 0.15) is 77.6 Å². The molecule has 4 rings (SSSR count). The normalized spacial score (nSPS) is 10.8. The molecule has 0 saturated carbocycles. The van der Waals surface area contributed by atoms with Gasteiger partial charge in [0.05, 0.1) is 0 Å². The van der Waals surface area contributed by atoms with Crippen molar-refractivity contribution in [2.45, 2.75) is 80.1 Å². The van der Waals surface area contributed by atoms with Crippen LogP contribution in [0.15, 0.2) is 60.7 Å². The summed E-state index contributed by atoms with van der Waals surface area (Å²) in [5.41, 5.74) is 6.08. The van der Waals surface area contributed by atoms with Gasteiger partial charge in [0.25, 0.3) is 0 Å². The third kappa shape index (κ3) is 9.01. The molecule has 0 aliphatic rings. The van der Waals surface area contributed by atoms with E-state index in [-0.39, 0.29) is 37.0 Å². The predicted octanol–water partition coefficient (Wildman–Crippen LogP) is 8.49. The zero-order valence-electron chi connectivity index (χ0n) is 23.1. The summed E-state index contributed by atoms with van der Waals surface area (Å²) >= 11 is 0. The van der Waals surface area contributed by atoms with Gasteiger partial charge in [0.15, 0.2) is 0 Å². The van der Waals surface area contributed by atoms with E-state index in [1.165, 1.54) is 53.7 Å². The van der Waals surface area contributed by atoms with Gasteiger partial charge in [-0.05, 0) is 10.8 Å². The maximum absolute atomic E-state index is 4.53. The van der Waals surface area contributed by atoms with Crippen LogP contribution in [0.4, 0.5) is 0 Å². The van der Waals surface area contributed by atoms with Gasteiger partial charge in [0, 0.05) is 0 Å². The molecule has 0 radical (unpaired) electrons. The smallest absolute Gasteiger partial charge is 0.533 e. The van der Waals surface area contributed by atoms with Crippen molar-refractivity contribution < 1.29 is 26.2 Å². The van der Waals surface area contributed by atoms with Gasteiger partial charge >= 0.3 is 26.2 Å². The summed E-state index contributed by atoms with van der Waals surface area (Å²) in [5, 5.41) is 5.57. The Hall–Kier alpha value is -1.37. The fourth-order valence-corrected chi connectivity index (χ4v) is 4.08. The third-order valence-corrected chi connectivity index (χ3v) is 5.41. The van der Waals surface area contributed by atoms with Gasteiger partial charge in [-0.25, -0.2) is 9.85 Å². The summed E-state index contributed by atoms with van der Waals surface area (Å²) in [7, 11) is 1.36. The van der Waals surface area contributed by atoms with Gasteiger partial charge in [0.1, 0.15) is 0 Å². The van der Waals surface area contributed by atoms with Crippen molar-refractivity contribution >= 4 is 37.6 Å². The van der Waals surface area contributed by atoms with Crippen molar-refractivity contribution in [1.82, 2.24) is 0 Å². The molecule has 0 aliphatic carbocycles. The topological polar surface area (TPSA) is 0 Å². The van der Waals surface area contributed by atoms with Crippen molar-refractivity contribution in [2.75, 3.05) is 0 Å². The van der Waals surface area contributed by atoms with E-state index in [2.05, 4.69) is 122 Å². The van der Waals surface area contributed by atoms with Gasteiger partial charge in [-0.2, -0.15) is 26.0 Å². The molecule has 0 N–H and O–H groups in total. The van der Waals surface area contributed by atoms with Crippen LogP contribution in [0.25, 0.3) is 21.5 Å². The average molecular weight is 548 g/mol. The molecule has 4 aromatic rings. The van der Waals surface area contributed by atoms with Gasteiger partial charge < -0.3 is 12.6 Å². The van der Waals surface area contributed by atoms with Gasteiger partial charge in [-0.15, -0.1) is 69.1 Å². The van der Waals surface area contributed by atoms with E-state index in [0.29, 0.717) is 0 Å². The molecule has 180 valence electrons. The molecule has 0 bridgehead atoms. The van der Waals surface area contributed by atoms with Crippen LogP contribution in [-0.4, -0.2) is 16.0 Å². The predicted molar refractivity (Wildman–Crippen MR) is 156 cm³/mol. The maximum atomic E-state index is 4.53. The second-order valence-electron chi connectivity index (χ2n) is 10.8. The summed E-state index contributed by atoms with van der Waals surface area (Å²) in [6.07, 6.45) is 6.53. The van der Waals surface area contributed by atoms with Crippen LogP contribution < -0.4 is 0 Å². The van der Waals surface area contributed by atoms with Crippen molar-refractivity contribution in [3.8, 4) is 0 Å². The average Bonchev–Trinajstić information content (AvgIpc) is 3.28. The van der Waals surface area contributed by atoms with Crippen molar-refractivity contribution in [3.05, 3.63) is 89.3 Å². The molecule has 0 heterocycles. The fraction of sp³-hybridized carbons (Fsp3) is 0.375. The molecule has 0 aromatic heterocycles. The van der Waals surface area contributed by atoms with E-state index in [1.807, 2.05) is 20.3 Å². The number of fused-ring (bicyclic) bond motifs is 2. The Bertz CT molecular complexity index is 1040. The van der Waals surface area contributed by atoms with E-state index < -0.39 is 0 Å². The summed E-state index contributed by atoms with van der Waals surface area (Å²) in [5.74, 6) is 0. The number of benzene rings is 2. The Morgan fingerprint density at radius 1 is 0.676 bits per heavy atom. The molecule has 0 amide bonds. The third-order valence-electron chi connectivity index (χ3n) is 5.41. The number of aryl methyl sites for hydroxylation is 2. The van der Waals surface area contributed by atoms with E-state index in [0.717, 1.165) is 0 Å². The monoisotopic (exact) mass is 546 g/mol. The summed E-state index contributed by atoms with van der Waals surface area (Å²) in [4.78, 5) is 0. The molecule has 0 fully saturated rings. The Morgan fingerprint density at radius 2 is 0.971 bits per heavy atom. The Morgan fingerprint density at radius 3 is 1.24 bits per heavy atom. The van der Waals surface area contributed by atoms with Crippen LogP contribution in [0.5, 0.6) is 0 Å². The summed E-state index contributed by atoms with van der Waals surface area (Å²) < 4.78 is 0. The number of rotatable bonds is 0. The SMILES string of the molecule is C[CH-]C.Cc1cc2c(C(C)(C)C)cccc2[cH-]1.Cc1cc2c(C(C)(C)C)cccc2[cH-]1.[CH-]=[SiH2].[Zr+4]. The molecular weight excluding hydrogens is 504 g/mol. The Kier molecular flexibility index (Phi) is 13.7. The second kappa shape index (κ2) is 14.3. The molecule has 34 heavy (non-hydrogen) atoms. The summed E-state index contributed by atoms with van der Waals surface area (Å²) in [6, 6.07) is 22.3. The molecule has 0 atom stereocenters. The minimum absolute atomic E-state index is 0. The quantitative estimate of drug-likeness (QED) is 0.153. The molecule has 0 saturated heterocycles. The molecule has 0 aliphatic heterocycles. The van der Waals surface area contributed by atoms with Crippen LogP contribution in [-0.2, 0) is 37.0 Å². The van der Waals surface area contributed by atoms with Gasteiger partial charge in [-0.3, -0.25) is 0 Å². The van der Waals surface area contributed by atoms with Crippen LogP contribution >= 0.6 is 0 Å². The van der Waals surface area contributed by atoms with Crippen LogP contribution in [0.2, 0.25) is 0 Å². The minimum atomic E-state index is 0. The van der Waals surface area contributed by atoms with Crippen LogP contribution in [0.3, 0.4) is 0 Å². The molecule has 0 spiro atoms. The molecule has 4 aromatic carbocycles. The largest absolute Gasteiger partial charge is 4.00 e.